The minimum absolute atomic E-state index is 0.0143. The van der Waals surface area contributed by atoms with Crippen LogP contribution in [0.25, 0.3) is 11.0 Å². The highest BCUT2D eigenvalue weighted by molar-refractivity contribution is 5.88. The van der Waals surface area contributed by atoms with Crippen molar-refractivity contribution >= 4 is 34.6 Å². The number of aliphatic carboxylic acids is 1. The SMILES string of the molecule is COc1cc2c(cc1CCC(=O)O)nc(Nc1ccc(C(=O)O)cc1)n2[C@H]1CCCC(C)(C)C1. The number of carboxylic acid groups (broad SMARTS) is 2. The first-order valence-corrected chi connectivity index (χ1v) is 11.6. The predicted octanol–water partition coefficient (Wildman–Crippen LogP) is 5.65. The Kier molecular flexibility index (Phi) is 6.50. The highest BCUT2D eigenvalue weighted by atomic mass is 16.5. The molecular formula is C26H31N3O5. The van der Waals surface area contributed by atoms with Gasteiger partial charge in [-0.3, -0.25) is 4.79 Å². The Bertz CT molecular complexity index is 1210. The molecule has 0 aliphatic heterocycles. The second-order valence-electron chi connectivity index (χ2n) is 9.77. The average Bonchev–Trinajstić information content (AvgIpc) is 3.13. The van der Waals surface area contributed by atoms with Crippen molar-refractivity contribution in [2.75, 3.05) is 12.4 Å². The highest BCUT2D eigenvalue weighted by Gasteiger charge is 2.31. The number of benzene rings is 2. The van der Waals surface area contributed by atoms with Gasteiger partial charge in [0.05, 0.1) is 23.7 Å². The maximum absolute atomic E-state index is 11.2. The summed E-state index contributed by atoms with van der Waals surface area (Å²) < 4.78 is 7.85. The Morgan fingerprint density at radius 3 is 2.56 bits per heavy atom. The number of carbonyl (C=O) groups is 2. The molecule has 1 saturated carbocycles. The van der Waals surface area contributed by atoms with Gasteiger partial charge in [0.1, 0.15) is 5.75 Å². The summed E-state index contributed by atoms with van der Waals surface area (Å²) >= 11 is 0. The molecule has 0 unspecified atom stereocenters. The van der Waals surface area contributed by atoms with Crippen LogP contribution < -0.4 is 10.1 Å². The number of aromatic carboxylic acids is 1. The first-order chi connectivity index (χ1) is 16.2. The zero-order valence-corrected chi connectivity index (χ0v) is 19.8. The van der Waals surface area contributed by atoms with E-state index in [1.165, 1.54) is 6.42 Å². The number of anilines is 2. The lowest BCUT2D eigenvalue weighted by molar-refractivity contribution is -0.136. The third-order valence-electron chi connectivity index (χ3n) is 6.63. The van der Waals surface area contributed by atoms with E-state index in [-0.39, 0.29) is 23.4 Å². The van der Waals surface area contributed by atoms with Crippen LogP contribution >= 0.6 is 0 Å². The Hall–Kier alpha value is -3.55. The van der Waals surface area contributed by atoms with Gasteiger partial charge >= 0.3 is 11.9 Å². The molecule has 1 fully saturated rings. The smallest absolute Gasteiger partial charge is 0.335 e. The Morgan fingerprint density at radius 2 is 1.94 bits per heavy atom. The minimum Gasteiger partial charge on any atom is -0.496 e. The molecule has 3 aromatic rings. The lowest BCUT2D eigenvalue weighted by atomic mass is 9.75. The predicted molar refractivity (Wildman–Crippen MR) is 130 cm³/mol. The van der Waals surface area contributed by atoms with Gasteiger partial charge in [-0.1, -0.05) is 20.3 Å². The standard InChI is InChI=1S/C26H31N3O5/c1-26(2)12-4-5-19(15-26)29-21-14-22(34-3)17(8-11-23(30)31)13-20(21)28-25(29)27-18-9-6-16(7-10-18)24(32)33/h6-7,9-10,13-14,19H,4-5,8,11-12,15H2,1-3H3,(H,27,28)(H,30,31)(H,32,33)/t19-/m0/s1. The van der Waals surface area contributed by atoms with E-state index in [0.717, 1.165) is 41.5 Å². The zero-order valence-electron chi connectivity index (χ0n) is 19.8. The number of imidazole rings is 1. The second-order valence-corrected chi connectivity index (χ2v) is 9.77. The van der Waals surface area contributed by atoms with E-state index in [1.54, 1.807) is 31.4 Å². The Morgan fingerprint density at radius 1 is 1.21 bits per heavy atom. The molecule has 1 aliphatic rings. The van der Waals surface area contributed by atoms with E-state index in [9.17, 15) is 14.7 Å². The van der Waals surface area contributed by atoms with Gasteiger partial charge in [0.2, 0.25) is 5.95 Å². The number of carboxylic acids is 2. The number of hydrogen-bond donors (Lipinski definition) is 3. The van der Waals surface area contributed by atoms with Gasteiger partial charge in [-0.05, 0) is 67.0 Å². The fraction of sp³-hybridized carbons (Fsp3) is 0.423. The number of aromatic nitrogens is 2. The van der Waals surface area contributed by atoms with Crippen molar-refractivity contribution in [3.05, 3.63) is 47.5 Å². The zero-order chi connectivity index (χ0) is 24.5. The average molecular weight is 466 g/mol. The van der Waals surface area contributed by atoms with Crippen LogP contribution in [0.3, 0.4) is 0 Å². The van der Waals surface area contributed by atoms with Crippen molar-refractivity contribution in [2.24, 2.45) is 5.41 Å². The number of nitrogens with zero attached hydrogens (tertiary/aromatic N) is 2. The van der Waals surface area contributed by atoms with Crippen LogP contribution in [0.2, 0.25) is 0 Å². The summed E-state index contributed by atoms with van der Waals surface area (Å²) in [7, 11) is 1.60. The van der Waals surface area contributed by atoms with Crippen LogP contribution in [0.4, 0.5) is 11.6 Å². The number of hydrogen-bond acceptors (Lipinski definition) is 5. The van der Waals surface area contributed by atoms with E-state index in [1.807, 2.05) is 12.1 Å². The maximum Gasteiger partial charge on any atom is 0.335 e. The van der Waals surface area contributed by atoms with Crippen molar-refractivity contribution < 1.29 is 24.5 Å². The van der Waals surface area contributed by atoms with E-state index in [4.69, 9.17) is 14.8 Å². The van der Waals surface area contributed by atoms with Gasteiger partial charge in [-0.25, -0.2) is 9.78 Å². The van der Waals surface area contributed by atoms with Crippen molar-refractivity contribution in [3.63, 3.8) is 0 Å². The second kappa shape index (κ2) is 9.37. The Balaban J connectivity index is 1.80. The maximum atomic E-state index is 11.2. The molecule has 1 aliphatic carbocycles. The monoisotopic (exact) mass is 465 g/mol. The van der Waals surface area contributed by atoms with Gasteiger partial charge in [0.15, 0.2) is 0 Å². The lowest BCUT2D eigenvalue weighted by Crippen LogP contribution is -2.25. The van der Waals surface area contributed by atoms with E-state index in [0.29, 0.717) is 18.1 Å². The van der Waals surface area contributed by atoms with Gasteiger partial charge in [0.25, 0.3) is 0 Å². The molecule has 1 atom stereocenters. The molecule has 0 bridgehead atoms. The fourth-order valence-corrected chi connectivity index (χ4v) is 4.95. The molecule has 8 heteroatoms. The van der Waals surface area contributed by atoms with Gasteiger partial charge in [-0.2, -0.15) is 0 Å². The van der Waals surface area contributed by atoms with Crippen molar-refractivity contribution in [2.45, 2.75) is 58.4 Å². The molecule has 8 nitrogen and oxygen atoms in total. The Labute approximate surface area is 198 Å². The van der Waals surface area contributed by atoms with Crippen LogP contribution in [0.5, 0.6) is 5.75 Å². The molecule has 0 spiro atoms. The van der Waals surface area contributed by atoms with Crippen LogP contribution in [-0.4, -0.2) is 38.8 Å². The van der Waals surface area contributed by atoms with Crippen LogP contribution in [0.15, 0.2) is 36.4 Å². The number of rotatable bonds is 8. The summed E-state index contributed by atoms with van der Waals surface area (Å²) in [6.07, 6.45) is 4.71. The molecule has 180 valence electrons. The molecule has 3 N–H and O–H groups in total. The summed E-state index contributed by atoms with van der Waals surface area (Å²) in [4.78, 5) is 27.2. The molecule has 0 radical (unpaired) electrons. The molecule has 34 heavy (non-hydrogen) atoms. The number of aryl methyl sites for hydroxylation is 1. The highest BCUT2D eigenvalue weighted by Crippen LogP contribution is 2.44. The molecular weight excluding hydrogens is 434 g/mol. The molecule has 2 aromatic carbocycles. The molecule has 1 aromatic heterocycles. The number of nitrogens with one attached hydrogen (secondary N) is 1. The summed E-state index contributed by atoms with van der Waals surface area (Å²) in [6.45, 7) is 4.58. The van der Waals surface area contributed by atoms with Crippen LogP contribution in [-0.2, 0) is 11.2 Å². The van der Waals surface area contributed by atoms with Crippen LogP contribution in [0, 0.1) is 5.41 Å². The van der Waals surface area contributed by atoms with Gasteiger partial charge in [-0.15, -0.1) is 0 Å². The number of fused-ring (bicyclic) bond motifs is 1. The lowest BCUT2D eigenvalue weighted by Gasteiger charge is -2.36. The summed E-state index contributed by atoms with van der Waals surface area (Å²) in [5.41, 5.74) is 3.70. The summed E-state index contributed by atoms with van der Waals surface area (Å²) in [6, 6.07) is 10.7. The van der Waals surface area contributed by atoms with Crippen molar-refractivity contribution in [1.82, 2.24) is 9.55 Å². The van der Waals surface area contributed by atoms with Crippen molar-refractivity contribution in [1.29, 1.82) is 0 Å². The fourth-order valence-electron chi connectivity index (χ4n) is 4.95. The van der Waals surface area contributed by atoms with E-state index in [2.05, 4.69) is 23.7 Å². The summed E-state index contributed by atoms with van der Waals surface area (Å²) in [5, 5.41) is 21.7. The minimum atomic E-state index is -0.968. The quantitative estimate of drug-likeness (QED) is 0.394. The molecule has 1 heterocycles. The van der Waals surface area contributed by atoms with E-state index < -0.39 is 11.9 Å². The van der Waals surface area contributed by atoms with Gasteiger partial charge in [0, 0.05) is 24.2 Å². The summed E-state index contributed by atoms with van der Waals surface area (Å²) in [5.74, 6) is -0.492. The normalized spacial score (nSPS) is 17.4. The first kappa shape index (κ1) is 23.6. The van der Waals surface area contributed by atoms with E-state index >= 15 is 0 Å². The molecule has 4 rings (SSSR count). The first-order valence-electron chi connectivity index (χ1n) is 11.6. The topological polar surface area (TPSA) is 114 Å². The third-order valence-corrected chi connectivity index (χ3v) is 6.63. The van der Waals surface area contributed by atoms with Crippen LogP contribution in [0.1, 0.15) is 67.9 Å². The molecule has 0 amide bonds. The largest absolute Gasteiger partial charge is 0.496 e. The van der Waals surface area contributed by atoms with Gasteiger partial charge < -0.3 is 24.8 Å². The number of methoxy groups -OCH3 is 1. The third kappa shape index (κ3) is 5.00. The van der Waals surface area contributed by atoms with Crippen molar-refractivity contribution in [3.8, 4) is 5.75 Å². The number of ether oxygens (including phenoxy) is 1. The molecule has 0 saturated heterocycles.